The van der Waals surface area contributed by atoms with E-state index in [0.717, 1.165) is 7.11 Å². The number of nitrogens with two attached hydrogens (primary N) is 1. The van der Waals surface area contributed by atoms with Crippen LogP contribution in [0.4, 0.5) is 0 Å². The van der Waals surface area contributed by atoms with E-state index < -0.39 is 10.4 Å². The van der Waals surface area contributed by atoms with Gasteiger partial charge in [0, 0.05) is 0 Å². The molecule has 0 saturated heterocycles. The highest BCUT2D eigenvalue weighted by atomic mass is 32.3. The zero-order valence-electron chi connectivity index (χ0n) is 6.73. The summed E-state index contributed by atoms with van der Waals surface area (Å²) < 4.78 is 29.7. The molecule has 1 unspecified atom stereocenters. The highest BCUT2D eigenvalue weighted by Gasteiger charge is 1.94. The molecule has 6 nitrogen and oxygen atoms in total. The number of hydrogen-bond donors (Lipinski definition) is 3. The van der Waals surface area contributed by atoms with Crippen LogP contribution in [0.15, 0.2) is 0 Å². The lowest BCUT2D eigenvalue weighted by Gasteiger charge is -1.96. The first-order valence-corrected chi connectivity index (χ1v) is 4.16. The minimum absolute atomic E-state index is 0.134. The Labute approximate surface area is 66.7 Å². The van der Waals surface area contributed by atoms with Gasteiger partial charge in [0.1, 0.15) is 0 Å². The van der Waals surface area contributed by atoms with E-state index in [1.54, 1.807) is 0 Å². The van der Waals surface area contributed by atoms with Crippen LogP contribution < -0.4 is 11.1 Å². The first-order chi connectivity index (χ1) is 4.83. The minimum atomic E-state index is -4.16. The van der Waals surface area contributed by atoms with Crippen LogP contribution in [0.3, 0.4) is 0 Å². The van der Waals surface area contributed by atoms with E-state index in [-0.39, 0.29) is 6.17 Å². The van der Waals surface area contributed by atoms with Gasteiger partial charge in [-0.05, 0) is 14.0 Å². The van der Waals surface area contributed by atoms with E-state index in [1.165, 1.54) is 0 Å². The van der Waals surface area contributed by atoms with Crippen molar-refractivity contribution in [1.82, 2.24) is 5.32 Å². The molecule has 0 saturated carbocycles. The fourth-order valence-corrected chi connectivity index (χ4v) is 0. The summed E-state index contributed by atoms with van der Waals surface area (Å²) >= 11 is 0. The minimum Gasteiger partial charge on any atom is -0.316 e. The first-order valence-electron chi connectivity index (χ1n) is 2.79. The van der Waals surface area contributed by atoms with Gasteiger partial charge < -0.3 is 11.1 Å². The molecule has 0 aliphatic rings. The summed E-state index contributed by atoms with van der Waals surface area (Å²) in [7, 11) is -1.47. The summed E-state index contributed by atoms with van der Waals surface area (Å²) in [6.07, 6.45) is 0.134. The fourth-order valence-electron chi connectivity index (χ4n) is 0. The van der Waals surface area contributed by atoms with Gasteiger partial charge in [-0.2, -0.15) is 8.42 Å². The molecule has 0 aliphatic carbocycles. The maximum absolute atomic E-state index is 9.33. The Kier molecular flexibility index (Phi) is 7.91. The summed E-state index contributed by atoms with van der Waals surface area (Å²) in [4.78, 5) is 0. The lowest BCUT2D eigenvalue weighted by atomic mass is 10.6. The molecule has 1 atom stereocenters. The Hall–Kier alpha value is -0.210. The van der Waals surface area contributed by atoms with Crippen LogP contribution in [-0.2, 0) is 14.6 Å². The van der Waals surface area contributed by atoms with Gasteiger partial charge in [0.25, 0.3) is 0 Å². The Morgan fingerprint density at radius 3 is 1.82 bits per heavy atom. The van der Waals surface area contributed by atoms with Crippen molar-refractivity contribution in [2.24, 2.45) is 5.73 Å². The van der Waals surface area contributed by atoms with Crippen molar-refractivity contribution in [3.8, 4) is 0 Å². The van der Waals surface area contributed by atoms with E-state index in [9.17, 15) is 8.42 Å². The normalized spacial score (nSPS) is 13.2. The third-order valence-electron chi connectivity index (χ3n) is 0.666. The molecule has 0 spiro atoms. The van der Waals surface area contributed by atoms with Crippen LogP contribution >= 0.6 is 0 Å². The van der Waals surface area contributed by atoms with Crippen LogP contribution in [0, 0.1) is 0 Å². The largest absolute Gasteiger partial charge is 0.397 e. The van der Waals surface area contributed by atoms with E-state index in [1.807, 2.05) is 14.0 Å². The quantitative estimate of drug-likeness (QED) is 0.375. The molecule has 0 aliphatic heterocycles. The molecule has 0 aromatic heterocycles. The average Bonchev–Trinajstić information content (AvgIpc) is 1.88. The second-order valence-corrected chi connectivity index (χ2v) is 2.86. The van der Waals surface area contributed by atoms with Gasteiger partial charge in [-0.15, -0.1) is 0 Å². The molecule has 0 bridgehead atoms. The molecule has 0 fully saturated rings. The summed E-state index contributed by atoms with van der Waals surface area (Å²) in [6.45, 7) is 1.89. The molecular formula is C4H14N2O4S. The molecule has 0 radical (unpaired) electrons. The second-order valence-electron chi connectivity index (χ2n) is 1.67. The Morgan fingerprint density at radius 1 is 1.64 bits per heavy atom. The van der Waals surface area contributed by atoms with Gasteiger partial charge in [0.15, 0.2) is 0 Å². The first kappa shape index (κ1) is 13.4. The van der Waals surface area contributed by atoms with Crippen LogP contribution in [0.5, 0.6) is 0 Å². The smallest absolute Gasteiger partial charge is 0.316 e. The zero-order chi connectivity index (χ0) is 9.49. The molecule has 0 rings (SSSR count). The molecule has 11 heavy (non-hydrogen) atoms. The van der Waals surface area contributed by atoms with E-state index in [2.05, 4.69) is 9.50 Å². The SMILES string of the molecule is CNC(C)N.COS(=O)(=O)O. The summed E-state index contributed by atoms with van der Waals surface area (Å²) in [6, 6.07) is 0. The second kappa shape index (κ2) is 6.50. The number of nitrogens with one attached hydrogen (secondary N) is 1. The third kappa shape index (κ3) is 25.9. The highest BCUT2D eigenvalue weighted by Crippen LogP contribution is 1.74. The molecule has 0 aromatic rings. The van der Waals surface area contributed by atoms with Crippen molar-refractivity contribution in [3.63, 3.8) is 0 Å². The van der Waals surface area contributed by atoms with Gasteiger partial charge in [-0.1, -0.05) is 0 Å². The van der Waals surface area contributed by atoms with Crippen LogP contribution in [-0.4, -0.2) is 33.3 Å². The number of hydrogen-bond acceptors (Lipinski definition) is 5. The zero-order valence-corrected chi connectivity index (χ0v) is 7.55. The third-order valence-corrected chi connectivity index (χ3v) is 1.09. The maximum atomic E-state index is 9.33. The predicted octanol–water partition coefficient (Wildman–Crippen LogP) is -1.05. The van der Waals surface area contributed by atoms with Crippen molar-refractivity contribution < 1.29 is 17.2 Å². The lowest BCUT2D eigenvalue weighted by molar-refractivity contribution is 0.324. The Balaban J connectivity index is 0. The Bertz CT molecular complexity index is 165. The molecule has 0 heterocycles. The number of rotatable bonds is 2. The van der Waals surface area contributed by atoms with Crippen LogP contribution in [0.25, 0.3) is 0 Å². The van der Waals surface area contributed by atoms with E-state index in [0.29, 0.717) is 0 Å². The lowest BCUT2D eigenvalue weighted by Crippen LogP contribution is -2.30. The molecular weight excluding hydrogens is 172 g/mol. The summed E-state index contributed by atoms with van der Waals surface area (Å²) in [5.41, 5.74) is 5.18. The average molecular weight is 186 g/mol. The van der Waals surface area contributed by atoms with Crippen LogP contribution in [0.2, 0.25) is 0 Å². The molecule has 0 aromatic carbocycles. The summed E-state index contributed by atoms with van der Waals surface area (Å²) in [5.74, 6) is 0. The fraction of sp³-hybridized carbons (Fsp3) is 1.00. The van der Waals surface area contributed by atoms with Gasteiger partial charge in [-0.3, -0.25) is 8.74 Å². The highest BCUT2D eigenvalue weighted by molar-refractivity contribution is 7.80. The molecule has 7 heteroatoms. The van der Waals surface area contributed by atoms with Gasteiger partial charge in [0.2, 0.25) is 0 Å². The van der Waals surface area contributed by atoms with Crippen molar-refractivity contribution in [1.29, 1.82) is 0 Å². The van der Waals surface area contributed by atoms with Crippen molar-refractivity contribution in [3.05, 3.63) is 0 Å². The molecule has 70 valence electrons. The van der Waals surface area contributed by atoms with E-state index >= 15 is 0 Å². The maximum Gasteiger partial charge on any atom is 0.397 e. The van der Waals surface area contributed by atoms with Gasteiger partial charge in [0.05, 0.1) is 13.3 Å². The van der Waals surface area contributed by atoms with Gasteiger partial charge >= 0.3 is 10.4 Å². The standard InChI is InChI=1S/C3H10N2.CH4O4S/c1-3(4)5-2;1-5-6(2,3)4/h3,5H,4H2,1-2H3;1H3,(H,2,3,4). The summed E-state index contributed by atoms with van der Waals surface area (Å²) in [5, 5.41) is 2.81. The topological polar surface area (TPSA) is 102 Å². The van der Waals surface area contributed by atoms with Gasteiger partial charge in [-0.25, -0.2) is 0 Å². The van der Waals surface area contributed by atoms with Crippen molar-refractivity contribution in [2.75, 3.05) is 14.2 Å². The Morgan fingerprint density at radius 2 is 1.82 bits per heavy atom. The monoisotopic (exact) mass is 186 g/mol. The van der Waals surface area contributed by atoms with Crippen LogP contribution in [0.1, 0.15) is 6.92 Å². The predicted molar refractivity (Wildman–Crippen MR) is 41.3 cm³/mol. The molecule has 0 amide bonds. The molecule has 4 N–H and O–H groups in total. The van der Waals surface area contributed by atoms with E-state index in [4.69, 9.17) is 10.3 Å². The van der Waals surface area contributed by atoms with Crippen molar-refractivity contribution in [2.45, 2.75) is 13.1 Å². The van der Waals surface area contributed by atoms with Crippen molar-refractivity contribution >= 4 is 10.4 Å².